The molecule has 6 nitrogen and oxygen atoms in total. The molecule has 0 atom stereocenters. The zero-order valence-electron chi connectivity index (χ0n) is 16.4. The molecule has 1 aliphatic rings. The molecule has 1 aromatic heterocycles. The number of thiophene rings is 1. The number of amides is 1. The van der Waals surface area contributed by atoms with Crippen molar-refractivity contribution in [2.45, 2.75) is 31.4 Å². The summed E-state index contributed by atoms with van der Waals surface area (Å²) in [5, 5.41) is 3.83. The van der Waals surface area contributed by atoms with Gasteiger partial charge in [0.2, 0.25) is 5.91 Å². The highest BCUT2D eigenvalue weighted by Crippen LogP contribution is 2.38. The minimum absolute atomic E-state index is 0.190. The van der Waals surface area contributed by atoms with Gasteiger partial charge < -0.3 is 10.1 Å². The Labute approximate surface area is 187 Å². The minimum Gasteiger partial charge on any atom is -0.465 e. The largest absolute Gasteiger partial charge is 0.465 e. The maximum absolute atomic E-state index is 12.9. The number of fused-ring (bicyclic) bond motifs is 1. The van der Waals surface area contributed by atoms with Gasteiger partial charge in [-0.05, 0) is 61.2 Å². The van der Waals surface area contributed by atoms with Crippen molar-refractivity contribution in [2.75, 3.05) is 18.2 Å². The summed E-state index contributed by atoms with van der Waals surface area (Å²) < 4.78 is 17.8. The fourth-order valence-corrected chi connectivity index (χ4v) is 5.40. The summed E-state index contributed by atoms with van der Waals surface area (Å²) in [4.78, 5) is 25.4. The van der Waals surface area contributed by atoms with Gasteiger partial charge in [0.25, 0.3) is 0 Å². The molecule has 1 amide bonds. The standard InChI is InChI=1S/C20H22FN3O3S3/c1-27-19(26)17-14-4-2-3-5-15(14)30-18(17)22-20(28)24-23-16(25)11-29-10-12-6-8-13(21)9-7-12/h6-9H,2-5,10-11H2,1H3,(H,23,25)(H2,22,24,28). The first-order valence-corrected chi connectivity index (χ1v) is 11.8. The number of thiocarbonyl (C=S) groups is 1. The van der Waals surface area contributed by atoms with Crippen molar-refractivity contribution >= 4 is 57.3 Å². The van der Waals surface area contributed by atoms with Gasteiger partial charge in [0.1, 0.15) is 10.8 Å². The smallest absolute Gasteiger partial charge is 0.341 e. The molecule has 0 radical (unpaired) electrons. The number of esters is 1. The number of methoxy groups -OCH3 is 1. The number of anilines is 1. The second-order valence-corrected chi connectivity index (χ2v) is 9.15. The van der Waals surface area contributed by atoms with Gasteiger partial charge in [-0.2, -0.15) is 0 Å². The fraction of sp³-hybridized carbons (Fsp3) is 0.350. The van der Waals surface area contributed by atoms with Crippen molar-refractivity contribution < 1.29 is 18.7 Å². The number of hydrogen-bond acceptors (Lipinski definition) is 6. The van der Waals surface area contributed by atoms with E-state index in [1.807, 2.05) is 0 Å². The van der Waals surface area contributed by atoms with Crippen LogP contribution in [0.15, 0.2) is 24.3 Å². The number of hydrazine groups is 1. The van der Waals surface area contributed by atoms with Crippen LogP contribution in [0.5, 0.6) is 0 Å². The van der Waals surface area contributed by atoms with Crippen LogP contribution in [-0.4, -0.2) is 29.9 Å². The molecule has 2 aromatic rings. The minimum atomic E-state index is -0.388. The molecule has 3 rings (SSSR count). The Morgan fingerprint density at radius 2 is 1.93 bits per heavy atom. The zero-order valence-corrected chi connectivity index (χ0v) is 18.8. The molecule has 0 bridgehead atoms. The number of ether oxygens (including phenoxy) is 1. The molecule has 160 valence electrons. The van der Waals surface area contributed by atoms with E-state index in [0.29, 0.717) is 16.3 Å². The van der Waals surface area contributed by atoms with E-state index in [2.05, 4.69) is 16.2 Å². The van der Waals surface area contributed by atoms with Crippen molar-refractivity contribution in [1.29, 1.82) is 0 Å². The predicted molar refractivity (Wildman–Crippen MR) is 122 cm³/mol. The molecule has 1 aliphatic carbocycles. The zero-order chi connectivity index (χ0) is 21.5. The van der Waals surface area contributed by atoms with Crippen LogP contribution in [0.3, 0.4) is 0 Å². The third kappa shape index (κ3) is 5.93. The summed E-state index contributed by atoms with van der Waals surface area (Å²) in [5.41, 5.74) is 7.70. The number of hydrogen-bond donors (Lipinski definition) is 3. The van der Waals surface area contributed by atoms with Crippen molar-refractivity contribution in [3.63, 3.8) is 0 Å². The van der Waals surface area contributed by atoms with Gasteiger partial charge in [-0.1, -0.05) is 12.1 Å². The van der Waals surface area contributed by atoms with Crippen LogP contribution in [0.2, 0.25) is 0 Å². The summed E-state index contributed by atoms with van der Waals surface area (Å²) in [6, 6.07) is 6.17. The maximum Gasteiger partial charge on any atom is 0.341 e. The highest BCUT2D eigenvalue weighted by Gasteiger charge is 2.26. The SMILES string of the molecule is COC(=O)c1c(NC(=S)NNC(=O)CSCc2ccc(F)cc2)sc2c1CCCC2. The maximum atomic E-state index is 12.9. The lowest BCUT2D eigenvalue weighted by molar-refractivity contribution is -0.119. The number of halogens is 1. The van der Waals surface area contributed by atoms with E-state index in [9.17, 15) is 14.0 Å². The summed E-state index contributed by atoms with van der Waals surface area (Å²) in [6.45, 7) is 0. The molecule has 0 unspecified atom stereocenters. The lowest BCUT2D eigenvalue weighted by Gasteiger charge is -2.13. The molecule has 0 aliphatic heterocycles. The number of nitrogens with one attached hydrogen (secondary N) is 3. The molecule has 0 saturated carbocycles. The molecule has 1 aromatic carbocycles. The van der Waals surface area contributed by atoms with Crippen molar-refractivity contribution in [3.8, 4) is 0 Å². The second-order valence-electron chi connectivity index (χ2n) is 6.65. The summed E-state index contributed by atoms with van der Waals surface area (Å²) in [7, 11) is 1.36. The van der Waals surface area contributed by atoms with Gasteiger partial charge in [-0.25, -0.2) is 9.18 Å². The third-order valence-electron chi connectivity index (χ3n) is 4.52. The molecule has 30 heavy (non-hydrogen) atoms. The Balaban J connectivity index is 1.48. The molecule has 3 N–H and O–H groups in total. The van der Waals surface area contributed by atoms with Gasteiger partial charge in [0, 0.05) is 10.6 Å². The van der Waals surface area contributed by atoms with E-state index < -0.39 is 0 Å². The van der Waals surface area contributed by atoms with Crippen LogP contribution in [-0.2, 0) is 28.1 Å². The van der Waals surface area contributed by atoms with E-state index in [-0.39, 0.29) is 28.6 Å². The van der Waals surface area contributed by atoms with Crippen LogP contribution >= 0.6 is 35.3 Å². The van der Waals surface area contributed by atoms with Crippen molar-refractivity contribution in [2.24, 2.45) is 0 Å². The van der Waals surface area contributed by atoms with Crippen molar-refractivity contribution in [3.05, 3.63) is 51.7 Å². The number of carbonyl (C=O) groups is 2. The Kier molecular flexibility index (Phi) is 8.06. The Morgan fingerprint density at radius 1 is 1.20 bits per heavy atom. The molecule has 10 heteroatoms. The number of aryl methyl sites for hydroxylation is 1. The van der Waals surface area contributed by atoms with E-state index >= 15 is 0 Å². The van der Waals surface area contributed by atoms with E-state index in [1.54, 1.807) is 12.1 Å². The van der Waals surface area contributed by atoms with Gasteiger partial charge in [-0.3, -0.25) is 15.6 Å². The summed E-state index contributed by atoms with van der Waals surface area (Å²) in [6.07, 6.45) is 3.93. The molecule has 1 heterocycles. The fourth-order valence-electron chi connectivity index (χ4n) is 3.11. The first kappa shape index (κ1) is 22.5. The first-order chi connectivity index (χ1) is 14.5. The molecular weight excluding hydrogens is 445 g/mol. The topological polar surface area (TPSA) is 79.5 Å². The highest BCUT2D eigenvalue weighted by atomic mass is 32.2. The third-order valence-corrected chi connectivity index (χ3v) is 6.93. The average Bonchev–Trinajstić information content (AvgIpc) is 3.11. The van der Waals surface area contributed by atoms with Gasteiger partial charge in [0.15, 0.2) is 5.11 Å². The molecule has 0 fully saturated rings. The van der Waals surface area contributed by atoms with Crippen LogP contribution in [0.1, 0.15) is 39.2 Å². The molecule has 0 spiro atoms. The van der Waals surface area contributed by atoms with Gasteiger partial charge in [0.05, 0.1) is 18.4 Å². The lowest BCUT2D eigenvalue weighted by atomic mass is 9.95. The summed E-state index contributed by atoms with van der Waals surface area (Å²) in [5.74, 6) is -0.104. The number of rotatable bonds is 6. The van der Waals surface area contributed by atoms with Gasteiger partial charge >= 0.3 is 5.97 Å². The van der Waals surface area contributed by atoms with Crippen LogP contribution in [0.4, 0.5) is 9.39 Å². The van der Waals surface area contributed by atoms with Crippen LogP contribution < -0.4 is 16.2 Å². The van der Waals surface area contributed by atoms with E-state index in [4.69, 9.17) is 17.0 Å². The second kappa shape index (κ2) is 10.7. The average molecular weight is 468 g/mol. The monoisotopic (exact) mass is 467 g/mol. The van der Waals surface area contributed by atoms with Crippen molar-refractivity contribution in [1.82, 2.24) is 10.9 Å². The van der Waals surface area contributed by atoms with Gasteiger partial charge in [-0.15, -0.1) is 23.1 Å². The Morgan fingerprint density at radius 3 is 2.67 bits per heavy atom. The van der Waals surface area contributed by atoms with E-state index in [1.165, 1.54) is 47.2 Å². The van der Waals surface area contributed by atoms with E-state index in [0.717, 1.165) is 36.8 Å². The predicted octanol–water partition coefficient (Wildman–Crippen LogP) is 3.80. The quantitative estimate of drug-likeness (QED) is 0.339. The number of benzene rings is 1. The number of carbonyl (C=O) groups excluding carboxylic acids is 2. The molecule has 0 saturated heterocycles. The Bertz CT molecular complexity index is 931. The lowest BCUT2D eigenvalue weighted by Crippen LogP contribution is -2.44. The van der Waals surface area contributed by atoms with Crippen LogP contribution in [0.25, 0.3) is 0 Å². The normalized spacial score (nSPS) is 12.6. The first-order valence-electron chi connectivity index (χ1n) is 9.38. The highest BCUT2D eigenvalue weighted by molar-refractivity contribution is 7.99. The van der Waals surface area contributed by atoms with Crippen LogP contribution in [0, 0.1) is 5.82 Å². The molecular formula is C20H22FN3O3S3. The summed E-state index contributed by atoms with van der Waals surface area (Å²) >= 11 is 8.16. The Hall–Kier alpha value is -2.17. The number of thioether (sulfide) groups is 1.